The summed E-state index contributed by atoms with van der Waals surface area (Å²) in [5.74, 6) is 0.563. The Morgan fingerprint density at radius 3 is 2.62 bits per heavy atom. The molecule has 1 aromatic rings. The molecule has 16 heavy (non-hydrogen) atoms. The predicted molar refractivity (Wildman–Crippen MR) is 64.0 cm³/mol. The molecule has 90 valence electrons. The second-order valence-corrected chi connectivity index (χ2v) is 5.70. The van der Waals surface area contributed by atoms with E-state index in [1.165, 1.54) is 19.2 Å². The van der Waals surface area contributed by atoms with Gasteiger partial charge in [-0.1, -0.05) is 11.6 Å². The highest BCUT2D eigenvalue weighted by molar-refractivity contribution is 7.91. The summed E-state index contributed by atoms with van der Waals surface area (Å²) in [4.78, 5) is 0.144. The summed E-state index contributed by atoms with van der Waals surface area (Å²) < 4.78 is 28.6. The predicted octanol–water partition coefficient (Wildman–Crippen LogP) is 1.34. The van der Waals surface area contributed by atoms with Crippen molar-refractivity contribution in [3.05, 3.63) is 23.2 Å². The van der Waals surface area contributed by atoms with Crippen molar-refractivity contribution >= 4 is 21.4 Å². The molecule has 0 aliphatic rings. The van der Waals surface area contributed by atoms with E-state index < -0.39 is 9.84 Å². The molecule has 1 aromatic carbocycles. The molecule has 0 spiro atoms. The van der Waals surface area contributed by atoms with Gasteiger partial charge in [0.05, 0.1) is 22.8 Å². The van der Waals surface area contributed by atoms with E-state index in [1.54, 1.807) is 13.1 Å². The zero-order valence-electron chi connectivity index (χ0n) is 9.16. The van der Waals surface area contributed by atoms with Crippen LogP contribution in [0.3, 0.4) is 0 Å². The summed E-state index contributed by atoms with van der Waals surface area (Å²) in [5.41, 5.74) is 0. The molecule has 0 fully saturated rings. The van der Waals surface area contributed by atoms with Gasteiger partial charge in [-0.3, -0.25) is 0 Å². The molecule has 0 aliphatic heterocycles. The standard InChI is InChI=1S/C10H14ClNO3S/c1-12-5-6-16(13,14)10-4-3-8(15-2)7-9(10)11/h3-4,7,12H,5-6H2,1-2H3. The molecule has 0 aromatic heterocycles. The Morgan fingerprint density at radius 2 is 2.12 bits per heavy atom. The lowest BCUT2D eigenvalue weighted by Crippen LogP contribution is -2.19. The van der Waals surface area contributed by atoms with Crippen molar-refractivity contribution in [1.82, 2.24) is 5.32 Å². The number of sulfone groups is 1. The second-order valence-electron chi connectivity index (χ2n) is 3.22. The van der Waals surface area contributed by atoms with Gasteiger partial charge in [-0.05, 0) is 19.2 Å². The molecule has 0 atom stereocenters. The number of benzene rings is 1. The summed E-state index contributed by atoms with van der Waals surface area (Å²) in [6.07, 6.45) is 0. The van der Waals surface area contributed by atoms with Crippen molar-refractivity contribution in [3.8, 4) is 5.75 Å². The molecule has 0 saturated carbocycles. The highest BCUT2D eigenvalue weighted by atomic mass is 35.5. The van der Waals surface area contributed by atoms with E-state index >= 15 is 0 Å². The number of ether oxygens (including phenoxy) is 1. The van der Waals surface area contributed by atoms with Crippen molar-refractivity contribution in [3.63, 3.8) is 0 Å². The largest absolute Gasteiger partial charge is 0.497 e. The lowest BCUT2D eigenvalue weighted by molar-refractivity contribution is 0.414. The minimum Gasteiger partial charge on any atom is -0.497 e. The molecule has 0 aliphatic carbocycles. The van der Waals surface area contributed by atoms with Crippen LogP contribution in [0.25, 0.3) is 0 Å². The van der Waals surface area contributed by atoms with Crippen molar-refractivity contribution < 1.29 is 13.2 Å². The molecular formula is C10H14ClNO3S. The normalized spacial score (nSPS) is 11.4. The Labute approximate surface area is 100 Å². The molecule has 0 saturated heterocycles. The van der Waals surface area contributed by atoms with Gasteiger partial charge in [0.2, 0.25) is 0 Å². The van der Waals surface area contributed by atoms with Crippen molar-refractivity contribution in [2.45, 2.75) is 4.90 Å². The van der Waals surface area contributed by atoms with Gasteiger partial charge >= 0.3 is 0 Å². The fourth-order valence-electron chi connectivity index (χ4n) is 1.21. The molecular weight excluding hydrogens is 250 g/mol. The average Bonchev–Trinajstić information content (AvgIpc) is 2.25. The Bertz CT molecular complexity index is 459. The van der Waals surface area contributed by atoms with E-state index in [2.05, 4.69) is 5.32 Å². The zero-order chi connectivity index (χ0) is 12.2. The molecule has 0 bridgehead atoms. The molecule has 0 amide bonds. The number of hydrogen-bond acceptors (Lipinski definition) is 4. The van der Waals surface area contributed by atoms with Crippen LogP contribution in [-0.2, 0) is 9.84 Å². The Kier molecular flexibility index (Phi) is 4.58. The van der Waals surface area contributed by atoms with E-state index in [1.807, 2.05) is 0 Å². The van der Waals surface area contributed by atoms with Gasteiger partial charge in [0.1, 0.15) is 5.75 Å². The molecule has 0 unspecified atom stereocenters. The first-order valence-electron chi connectivity index (χ1n) is 4.72. The van der Waals surface area contributed by atoms with Gasteiger partial charge in [-0.2, -0.15) is 0 Å². The minimum atomic E-state index is -3.33. The summed E-state index contributed by atoms with van der Waals surface area (Å²) >= 11 is 5.89. The van der Waals surface area contributed by atoms with E-state index in [0.29, 0.717) is 12.3 Å². The van der Waals surface area contributed by atoms with Gasteiger partial charge in [0, 0.05) is 12.6 Å². The highest BCUT2D eigenvalue weighted by Crippen LogP contribution is 2.26. The van der Waals surface area contributed by atoms with Crippen LogP contribution in [0.2, 0.25) is 5.02 Å². The van der Waals surface area contributed by atoms with E-state index in [9.17, 15) is 8.42 Å². The number of methoxy groups -OCH3 is 1. The van der Waals surface area contributed by atoms with Gasteiger partial charge in [0.15, 0.2) is 9.84 Å². The van der Waals surface area contributed by atoms with Crippen LogP contribution in [0.5, 0.6) is 5.75 Å². The topological polar surface area (TPSA) is 55.4 Å². The van der Waals surface area contributed by atoms with Crippen LogP contribution in [0.1, 0.15) is 0 Å². The maximum atomic E-state index is 11.8. The van der Waals surface area contributed by atoms with Crippen LogP contribution >= 0.6 is 11.6 Å². The fraction of sp³-hybridized carbons (Fsp3) is 0.400. The van der Waals surface area contributed by atoms with Gasteiger partial charge < -0.3 is 10.1 Å². The minimum absolute atomic E-state index is 0.0234. The third-order valence-electron chi connectivity index (χ3n) is 2.09. The van der Waals surface area contributed by atoms with Crippen molar-refractivity contribution in [1.29, 1.82) is 0 Å². The molecule has 1 N–H and O–H groups in total. The number of halogens is 1. The molecule has 0 radical (unpaired) electrons. The SMILES string of the molecule is CNCCS(=O)(=O)c1ccc(OC)cc1Cl. The van der Waals surface area contributed by atoms with E-state index in [-0.39, 0.29) is 15.7 Å². The number of hydrogen-bond donors (Lipinski definition) is 1. The van der Waals surface area contributed by atoms with E-state index in [0.717, 1.165) is 0 Å². The maximum absolute atomic E-state index is 11.8. The maximum Gasteiger partial charge on any atom is 0.181 e. The van der Waals surface area contributed by atoms with Crippen LogP contribution in [0.15, 0.2) is 23.1 Å². The third-order valence-corrected chi connectivity index (χ3v) is 4.29. The summed E-state index contributed by atoms with van der Waals surface area (Å²) in [6.45, 7) is 0.394. The summed E-state index contributed by atoms with van der Waals surface area (Å²) in [5, 5.41) is 2.98. The first-order chi connectivity index (χ1) is 7.51. The van der Waals surface area contributed by atoms with Crippen molar-refractivity contribution in [2.24, 2.45) is 0 Å². The second kappa shape index (κ2) is 5.52. The quantitative estimate of drug-likeness (QED) is 0.871. The first kappa shape index (κ1) is 13.3. The lowest BCUT2D eigenvalue weighted by Gasteiger charge is -2.07. The van der Waals surface area contributed by atoms with Crippen LogP contribution < -0.4 is 10.1 Å². The Balaban J connectivity index is 3.04. The average molecular weight is 264 g/mol. The smallest absolute Gasteiger partial charge is 0.181 e. The third kappa shape index (κ3) is 3.10. The first-order valence-corrected chi connectivity index (χ1v) is 6.75. The molecule has 6 heteroatoms. The zero-order valence-corrected chi connectivity index (χ0v) is 10.7. The summed E-state index contributed by atoms with van der Waals surface area (Å²) in [7, 11) is -0.128. The molecule has 4 nitrogen and oxygen atoms in total. The Morgan fingerprint density at radius 1 is 1.44 bits per heavy atom. The van der Waals surface area contributed by atoms with Gasteiger partial charge in [0.25, 0.3) is 0 Å². The van der Waals surface area contributed by atoms with Crippen molar-refractivity contribution in [2.75, 3.05) is 26.5 Å². The lowest BCUT2D eigenvalue weighted by atomic mass is 10.3. The highest BCUT2D eigenvalue weighted by Gasteiger charge is 2.17. The van der Waals surface area contributed by atoms with E-state index in [4.69, 9.17) is 16.3 Å². The Hall–Kier alpha value is -0.780. The monoisotopic (exact) mass is 263 g/mol. The molecule has 1 rings (SSSR count). The summed E-state index contributed by atoms with van der Waals surface area (Å²) in [6, 6.07) is 4.54. The van der Waals surface area contributed by atoms with Gasteiger partial charge in [-0.25, -0.2) is 8.42 Å². The number of rotatable bonds is 5. The van der Waals surface area contributed by atoms with Gasteiger partial charge in [-0.15, -0.1) is 0 Å². The van der Waals surface area contributed by atoms with Crippen LogP contribution in [0, 0.1) is 0 Å². The van der Waals surface area contributed by atoms with Crippen LogP contribution in [-0.4, -0.2) is 34.9 Å². The van der Waals surface area contributed by atoms with Crippen LogP contribution in [0.4, 0.5) is 0 Å². The number of nitrogens with one attached hydrogen (secondary N) is 1. The molecule has 0 heterocycles. The fourth-order valence-corrected chi connectivity index (χ4v) is 3.05.